The number of hydrogen-bond acceptors (Lipinski definition) is 4. The van der Waals surface area contributed by atoms with Crippen LogP contribution in [-0.4, -0.2) is 38.7 Å². The molecule has 30 heavy (non-hydrogen) atoms. The van der Waals surface area contributed by atoms with Gasteiger partial charge in [-0.15, -0.1) is 0 Å². The molecule has 0 bridgehead atoms. The summed E-state index contributed by atoms with van der Waals surface area (Å²) in [6.07, 6.45) is 3.72. The number of aromatic nitrogens is 2. The van der Waals surface area contributed by atoms with Gasteiger partial charge in [-0.1, -0.05) is 23.7 Å². The van der Waals surface area contributed by atoms with Gasteiger partial charge >= 0.3 is 5.97 Å². The summed E-state index contributed by atoms with van der Waals surface area (Å²) in [5.74, 6) is -0.325. The van der Waals surface area contributed by atoms with Crippen molar-refractivity contribution >= 4 is 34.9 Å². The van der Waals surface area contributed by atoms with E-state index in [1.54, 1.807) is 13.1 Å². The van der Waals surface area contributed by atoms with E-state index < -0.39 is 0 Å². The fourth-order valence-corrected chi connectivity index (χ4v) is 4.23. The molecule has 1 fully saturated rings. The number of rotatable bonds is 6. The van der Waals surface area contributed by atoms with Crippen molar-refractivity contribution in [3.8, 4) is 5.69 Å². The highest BCUT2D eigenvalue weighted by Gasteiger charge is 2.42. The highest BCUT2D eigenvalue weighted by atomic mass is 35.5. The van der Waals surface area contributed by atoms with Gasteiger partial charge < -0.3 is 19.5 Å². The van der Waals surface area contributed by atoms with E-state index in [4.69, 9.17) is 28.6 Å². The standard InChI is InChI=1S/C22H21ClN4O2S/c1-2-29-19(28)14-27-21(20(25-22(27)30)17-9-3-4-11-24-17)18-10-6-12-26(18)16-8-5-7-15(23)13-16/h3-13,20-21H,2,14H2,1H3,(H,25,30). The molecule has 6 nitrogen and oxygen atoms in total. The Hall–Kier alpha value is -2.90. The Labute approximate surface area is 185 Å². The molecule has 154 valence electrons. The van der Waals surface area contributed by atoms with Crippen LogP contribution in [0.15, 0.2) is 67.0 Å². The van der Waals surface area contributed by atoms with Crippen molar-refractivity contribution in [2.24, 2.45) is 0 Å². The minimum Gasteiger partial charge on any atom is -0.465 e. The van der Waals surface area contributed by atoms with Crippen LogP contribution in [0, 0.1) is 0 Å². The molecule has 4 rings (SSSR count). The topological polar surface area (TPSA) is 59.4 Å². The van der Waals surface area contributed by atoms with Gasteiger partial charge in [-0.3, -0.25) is 9.78 Å². The molecular weight excluding hydrogens is 420 g/mol. The Morgan fingerprint density at radius 2 is 2.10 bits per heavy atom. The number of nitrogens with zero attached hydrogens (tertiary/aromatic N) is 3. The minimum absolute atomic E-state index is 0.0500. The smallest absolute Gasteiger partial charge is 0.325 e. The van der Waals surface area contributed by atoms with Crippen LogP contribution in [0.5, 0.6) is 0 Å². The zero-order valence-electron chi connectivity index (χ0n) is 16.4. The second-order valence-electron chi connectivity index (χ2n) is 6.84. The second kappa shape index (κ2) is 8.85. The number of ether oxygens (including phenoxy) is 1. The Morgan fingerprint density at radius 3 is 2.83 bits per heavy atom. The van der Waals surface area contributed by atoms with Crippen molar-refractivity contribution in [3.63, 3.8) is 0 Å². The van der Waals surface area contributed by atoms with Gasteiger partial charge in [-0.05, 0) is 61.6 Å². The van der Waals surface area contributed by atoms with Crippen LogP contribution < -0.4 is 5.32 Å². The van der Waals surface area contributed by atoms with E-state index in [0.717, 1.165) is 17.1 Å². The average molecular weight is 441 g/mol. The van der Waals surface area contributed by atoms with E-state index in [0.29, 0.717) is 16.7 Å². The molecule has 2 aromatic heterocycles. The van der Waals surface area contributed by atoms with Gasteiger partial charge in [0.25, 0.3) is 0 Å². The zero-order valence-corrected chi connectivity index (χ0v) is 17.9. The number of carbonyl (C=O) groups excluding carboxylic acids is 1. The molecule has 0 saturated carbocycles. The lowest BCUT2D eigenvalue weighted by Crippen LogP contribution is -2.36. The molecule has 1 aliphatic heterocycles. The molecule has 0 aliphatic carbocycles. The maximum atomic E-state index is 12.3. The monoisotopic (exact) mass is 440 g/mol. The van der Waals surface area contributed by atoms with Gasteiger partial charge in [0.1, 0.15) is 6.54 Å². The number of halogens is 1. The fourth-order valence-electron chi connectivity index (χ4n) is 3.74. The lowest BCUT2D eigenvalue weighted by Gasteiger charge is -2.28. The number of esters is 1. The van der Waals surface area contributed by atoms with Crippen molar-refractivity contribution in [2.45, 2.75) is 19.0 Å². The van der Waals surface area contributed by atoms with Crippen LogP contribution in [0.25, 0.3) is 5.69 Å². The molecule has 3 heterocycles. The van der Waals surface area contributed by atoms with Crippen LogP contribution in [0.4, 0.5) is 0 Å². The summed E-state index contributed by atoms with van der Waals surface area (Å²) in [5, 5.41) is 4.48. The predicted molar refractivity (Wildman–Crippen MR) is 120 cm³/mol. The lowest BCUT2D eigenvalue weighted by atomic mass is 10.0. The van der Waals surface area contributed by atoms with E-state index in [-0.39, 0.29) is 24.6 Å². The van der Waals surface area contributed by atoms with E-state index in [2.05, 4.69) is 14.9 Å². The first-order chi connectivity index (χ1) is 14.6. The van der Waals surface area contributed by atoms with Gasteiger partial charge in [0, 0.05) is 28.8 Å². The van der Waals surface area contributed by atoms with Gasteiger partial charge in [0.05, 0.1) is 24.4 Å². The van der Waals surface area contributed by atoms with Crippen molar-refractivity contribution < 1.29 is 9.53 Å². The quantitative estimate of drug-likeness (QED) is 0.460. The lowest BCUT2D eigenvalue weighted by molar-refractivity contribution is -0.143. The Morgan fingerprint density at radius 1 is 1.23 bits per heavy atom. The summed E-state index contributed by atoms with van der Waals surface area (Å²) < 4.78 is 7.24. The summed E-state index contributed by atoms with van der Waals surface area (Å²) in [6, 6.07) is 16.9. The highest BCUT2D eigenvalue weighted by Crippen LogP contribution is 2.39. The van der Waals surface area contributed by atoms with E-state index in [1.807, 2.05) is 65.7 Å². The number of carbonyl (C=O) groups is 1. The first-order valence-corrected chi connectivity index (χ1v) is 10.4. The normalized spacial score (nSPS) is 18.3. The molecule has 1 N–H and O–H groups in total. The van der Waals surface area contributed by atoms with E-state index in [1.165, 1.54) is 0 Å². The molecule has 2 unspecified atom stereocenters. The molecule has 8 heteroatoms. The fraction of sp³-hybridized carbons (Fsp3) is 0.227. The number of nitrogens with one attached hydrogen (secondary N) is 1. The number of benzene rings is 1. The Kier molecular flexibility index (Phi) is 6.01. The first kappa shape index (κ1) is 20.4. The maximum absolute atomic E-state index is 12.3. The van der Waals surface area contributed by atoms with Gasteiger partial charge in [-0.25, -0.2) is 0 Å². The third-order valence-electron chi connectivity index (χ3n) is 4.97. The molecule has 0 spiro atoms. The molecule has 0 amide bonds. The molecule has 1 aliphatic rings. The molecule has 1 aromatic carbocycles. The Bertz CT molecular complexity index is 1060. The SMILES string of the molecule is CCOC(=O)CN1C(=S)NC(c2ccccn2)C1c1cccn1-c1cccc(Cl)c1. The summed E-state index contributed by atoms with van der Waals surface area (Å²) in [5.41, 5.74) is 2.73. The van der Waals surface area contributed by atoms with Crippen LogP contribution in [0.1, 0.15) is 30.4 Å². The second-order valence-corrected chi connectivity index (χ2v) is 7.67. The molecule has 2 atom stereocenters. The summed E-state index contributed by atoms with van der Waals surface area (Å²) in [7, 11) is 0. The third kappa shape index (κ3) is 4.04. The van der Waals surface area contributed by atoms with Crippen molar-refractivity contribution in [1.29, 1.82) is 0 Å². The zero-order chi connectivity index (χ0) is 21.1. The summed E-state index contributed by atoms with van der Waals surface area (Å²) in [6.45, 7) is 2.16. The van der Waals surface area contributed by atoms with Gasteiger partial charge in [0.15, 0.2) is 5.11 Å². The molecular formula is C22H21ClN4O2S. The molecule has 1 saturated heterocycles. The van der Waals surface area contributed by atoms with Crippen molar-refractivity contribution in [2.75, 3.05) is 13.2 Å². The molecule has 0 radical (unpaired) electrons. The number of pyridine rings is 1. The first-order valence-electron chi connectivity index (χ1n) is 9.65. The van der Waals surface area contributed by atoms with Crippen LogP contribution in [0.2, 0.25) is 5.02 Å². The largest absolute Gasteiger partial charge is 0.465 e. The highest BCUT2D eigenvalue weighted by molar-refractivity contribution is 7.80. The predicted octanol–water partition coefficient (Wildman–Crippen LogP) is 4.06. The third-order valence-corrected chi connectivity index (χ3v) is 5.56. The van der Waals surface area contributed by atoms with Crippen molar-refractivity contribution in [1.82, 2.24) is 19.8 Å². The number of hydrogen-bond donors (Lipinski definition) is 1. The van der Waals surface area contributed by atoms with Crippen LogP contribution >= 0.6 is 23.8 Å². The van der Waals surface area contributed by atoms with E-state index >= 15 is 0 Å². The van der Waals surface area contributed by atoms with Crippen molar-refractivity contribution in [3.05, 3.63) is 83.4 Å². The maximum Gasteiger partial charge on any atom is 0.325 e. The average Bonchev–Trinajstić information content (AvgIpc) is 3.34. The summed E-state index contributed by atoms with van der Waals surface area (Å²) in [4.78, 5) is 18.7. The Balaban J connectivity index is 1.79. The number of thiocarbonyl (C=S) groups is 1. The summed E-state index contributed by atoms with van der Waals surface area (Å²) >= 11 is 11.8. The van der Waals surface area contributed by atoms with Gasteiger partial charge in [-0.2, -0.15) is 0 Å². The van der Waals surface area contributed by atoms with Crippen LogP contribution in [0.3, 0.4) is 0 Å². The minimum atomic E-state index is -0.325. The van der Waals surface area contributed by atoms with E-state index in [9.17, 15) is 4.79 Å². The van der Waals surface area contributed by atoms with Crippen LogP contribution in [-0.2, 0) is 9.53 Å². The van der Waals surface area contributed by atoms with Gasteiger partial charge in [0.2, 0.25) is 0 Å². The molecule has 3 aromatic rings.